The molecule has 7 nitrogen and oxygen atoms in total. The van der Waals surface area contributed by atoms with Crippen LogP contribution in [0.15, 0.2) is 24.3 Å². The molecule has 8 heteroatoms. The summed E-state index contributed by atoms with van der Waals surface area (Å²) in [7, 11) is 0. The van der Waals surface area contributed by atoms with Crippen molar-refractivity contribution in [3.63, 3.8) is 0 Å². The van der Waals surface area contributed by atoms with Crippen molar-refractivity contribution in [2.45, 2.75) is 12.8 Å². The second-order valence-electron chi connectivity index (χ2n) is 4.51. The van der Waals surface area contributed by atoms with Crippen molar-refractivity contribution in [3.05, 3.63) is 24.3 Å². The van der Waals surface area contributed by atoms with Crippen LogP contribution >= 0.6 is 12.4 Å². The second kappa shape index (κ2) is 8.57. The van der Waals surface area contributed by atoms with Gasteiger partial charge in [-0.2, -0.15) is 0 Å². The van der Waals surface area contributed by atoms with Gasteiger partial charge in [0.15, 0.2) is 0 Å². The summed E-state index contributed by atoms with van der Waals surface area (Å²) >= 11 is 0. The van der Waals surface area contributed by atoms with Crippen LogP contribution in [-0.4, -0.2) is 48.1 Å². The fourth-order valence-corrected chi connectivity index (χ4v) is 1.98. The Kier molecular flexibility index (Phi) is 7.06. The normalized spacial score (nSPS) is 19.0. The molecule has 0 spiro atoms. The van der Waals surface area contributed by atoms with Crippen LogP contribution in [0, 0.1) is 10.8 Å². The Hall–Kier alpha value is -1.57. The molecule has 0 saturated carbocycles. The van der Waals surface area contributed by atoms with Gasteiger partial charge in [0, 0.05) is 26.2 Å². The van der Waals surface area contributed by atoms with Gasteiger partial charge >= 0.3 is 0 Å². The maximum atomic E-state index is 7.77. The summed E-state index contributed by atoms with van der Waals surface area (Å²) in [5.41, 5.74) is 5.86. The van der Waals surface area contributed by atoms with Crippen molar-refractivity contribution in [3.8, 4) is 0 Å². The van der Waals surface area contributed by atoms with Gasteiger partial charge in [0.25, 0.3) is 0 Å². The molecule has 0 amide bonds. The molecule has 0 aromatic rings. The molecule has 0 unspecified atom stereocenters. The molecule has 0 radical (unpaired) electrons. The van der Waals surface area contributed by atoms with Gasteiger partial charge in [0.2, 0.25) is 11.9 Å². The Morgan fingerprint density at radius 2 is 1.25 bits per heavy atom. The molecule has 0 bridgehead atoms. The van der Waals surface area contributed by atoms with Crippen LogP contribution < -0.4 is 16.2 Å². The molecule has 2 aliphatic heterocycles. The van der Waals surface area contributed by atoms with Crippen LogP contribution in [0.2, 0.25) is 0 Å². The van der Waals surface area contributed by atoms with Gasteiger partial charge in [-0.25, -0.2) is 10.0 Å². The topological polar surface area (TPSA) is 90.3 Å². The molecular weight excluding hydrogens is 278 g/mol. The second-order valence-corrected chi connectivity index (χ2v) is 4.51. The smallest absolute Gasteiger partial charge is 0.210 e. The summed E-state index contributed by atoms with van der Waals surface area (Å²) in [4.78, 5) is 0. The van der Waals surface area contributed by atoms with E-state index < -0.39 is 0 Å². The van der Waals surface area contributed by atoms with E-state index in [9.17, 15) is 0 Å². The number of nitrogens with zero attached hydrogens (tertiary/aromatic N) is 2. The van der Waals surface area contributed by atoms with Crippen LogP contribution in [0.5, 0.6) is 0 Å². The quantitative estimate of drug-likeness (QED) is 0.289. The highest BCUT2D eigenvalue weighted by Gasteiger charge is 2.10. The Morgan fingerprint density at radius 3 is 1.60 bits per heavy atom. The fraction of sp³-hybridized carbons (Fsp3) is 0.500. The summed E-state index contributed by atoms with van der Waals surface area (Å²) in [6.45, 7) is 3.31. The van der Waals surface area contributed by atoms with Gasteiger partial charge in [-0.05, 0) is 12.8 Å². The van der Waals surface area contributed by atoms with Crippen molar-refractivity contribution in [2.24, 2.45) is 0 Å². The lowest BCUT2D eigenvalue weighted by Gasteiger charge is -2.27. The summed E-state index contributed by atoms with van der Waals surface area (Å²) in [5, 5.41) is 22.1. The number of hydrazine groups is 2. The van der Waals surface area contributed by atoms with Crippen molar-refractivity contribution in [1.82, 2.24) is 26.2 Å². The average molecular weight is 300 g/mol. The predicted molar refractivity (Wildman–Crippen MR) is 82.8 cm³/mol. The lowest BCUT2D eigenvalue weighted by molar-refractivity contribution is 0.249. The Bertz CT molecular complexity index is 357. The molecule has 20 heavy (non-hydrogen) atoms. The molecular formula is C12H22ClN7. The predicted octanol–water partition coefficient (Wildman–Crippen LogP) is 0.400. The summed E-state index contributed by atoms with van der Waals surface area (Å²) in [5.74, 6) is 0.223. The molecule has 5 N–H and O–H groups in total. The highest BCUT2D eigenvalue weighted by atomic mass is 35.5. The minimum Gasteiger partial charge on any atom is -0.295 e. The van der Waals surface area contributed by atoms with Gasteiger partial charge < -0.3 is 0 Å². The van der Waals surface area contributed by atoms with E-state index in [4.69, 9.17) is 10.8 Å². The van der Waals surface area contributed by atoms with E-state index in [1.165, 1.54) is 0 Å². The minimum absolute atomic E-state index is 0. The molecule has 0 aromatic carbocycles. The third-order valence-corrected chi connectivity index (χ3v) is 2.91. The molecule has 0 fully saturated rings. The highest BCUT2D eigenvalue weighted by molar-refractivity contribution is 5.95. The standard InChI is InChI=1S/C12H21N7.ClH/c13-11(16-18-7-3-1-4-8-18)15-12(14)17-19-9-5-2-6-10-19;/h1-3,5H,4,6-10H2,(H5,13,14,15,16,17);1H. The van der Waals surface area contributed by atoms with Crippen LogP contribution in [0.3, 0.4) is 0 Å². The van der Waals surface area contributed by atoms with Crippen molar-refractivity contribution >= 4 is 24.3 Å². The first kappa shape index (κ1) is 16.5. The highest BCUT2D eigenvalue weighted by Crippen LogP contribution is 1.97. The Labute approximate surface area is 125 Å². The van der Waals surface area contributed by atoms with Crippen molar-refractivity contribution in [1.29, 1.82) is 10.8 Å². The molecule has 0 aliphatic carbocycles. The molecule has 112 valence electrons. The zero-order valence-corrected chi connectivity index (χ0v) is 12.2. The van der Waals surface area contributed by atoms with E-state index in [2.05, 4.69) is 40.5 Å². The van der Waals surface area contributed by atoms with Gasteiger partial charge in [-0.3, -0.25) is 27.0 Å². The molecule has 0 saturated heterocycles. The Morgan fingerprint density at radius 1 is 0.800 bits per heavy atom. The molecule has 2 heterocycles. The molecule has 2 rings (SSSR count). The molecule has 0 atom stereocenters. The van der Waals surface area contributed by atoms with E-state index in [0.717, 1.165) is 39.0 Å². The average Bonchev–Trinajstić information content (AvgIpc) is 2.40. The molecule has 0 aromatic heterocycles. The SMILES string of the molecule is Cl.N=C(NC(=N)NN1CC=CCC1)NN1CC=CCC1. The number of rotatable bonds is 2. The number of guanidine groups is 2. The van der Waals surface area contributed by atoms with Gasteiger partial charge in [0.1, 0.15) is 0 Å². The first-order valence-electron chi connectivity index (χ1n) is 6.51. The summed E-state index contributed by atoms with van der Waals surface area (Å²) in [6.07, 6.45) is 10.3. The number of halogens is 1. The number of nitrogens with one attached hydrogen (secondary N) is 5. The third-order valence-electron chi connectivity index (χ3n) is 2.91. The minimum atomic E-state index is 0. The first-order valence-corrected chi connectivity index (χ1v) is 6.51. The zero-order chi connectivity index (χ0) is 13.5. The lowest BCUT2D eigenvalue weighted by Crippen LogP contribution is -2.55. The van der Waals surface area contributed by atoms with E-state index >= 15 is 0 Å². The monoisotopic (exact) mass is 299 g/mol. The maximum Gasteiger partial charge on any atom is 0.210 e. The maximum absolute atomic E-state index is 7.77. The van der Waals surface area contributed by atoms with Crippen LogP contribution in [0.4, 0.5) is 0 Å². The summed E-state index contributed by atoms with van der Waals surface area (Å²) < 4.78 is 0. The fourth-order valence-electron chi connectivity index (χ4n) is 1.98. The van der Waals surface area contributed by atoms with Gasteiger partial charge in [0.05, 0.1) is 0 Å². The van der Waals surface area contributed by atoms with E-state index in [1.807, 2.05) is 10.0 Å². The number of hydrogen-bond donors (Lipinski definition) is 5. The van der Waals surface area contributed by atoms with E-state index in [1.54, 1.807) is 0 Å². The lowest BCUT2D eigenvalue weighted by atomic mass is 10.3. The Balaban J connectivity index is 0.00000200. The van der Waals surface area contributed by atoms with Crippen LogP contribution in [-0.2, 0) is 0 Å². The molecule has 2 aliphatic rings. The summed E-state index contributed by atoms with van der Waals surface area (Å²) in [6, 6.07) is 0. The van der Waals surface area contributed by atoms with E-state index in [-0.39, 0.29) is 24.3 Å². The van der Waals surface area contributed by atoms with Gasteiger partial charge in [-0.15, -0.1) is 12.4 Å². The largest absolute Gasteiger partial charge is 0.295 e. The van der Waals surface area contributed by atoms with E-state index in [0.29, 0.717) is 0 Å². The zero-order valence-electron chi connectivity index (χ0n) is 11.4. The first-order chi connectivity index (χ1) is 9.24. The van der Waals surface area contributed by atoms with Crippen molar-refractivity contribution < 1.29 is 0 Å². The van der Waals surface area contributed by atoms with Gasteiger partial charge in [-0.1, -0.05) is 24.3 Å². The van der Waals surface area contributed by atoms with Crippen LogP contribution in [0.25, 0.3) is 0 Å². The third kappa shape index (κ3) is 5.60. The van der Waals surface area contributed by atoms with Crippen LogP contribution in [0.1, 0.15) is 12.8 Å². The number of hydrogen-bond acceptors (Lipinski definition) is 4. The van der Waals surface area contributed by atoms with Crippen molar-refractivity contribution in [2.75, 3.05) is 26.2 Å².